The van der Waals surface area contributed by atoms with Crippen molar-refractivity contribution in [3.63, 3.8) is 0 Å². The zero-order valence-corrected chi connectivity index (χ0v) is 14.0. The summed E-state index contributed by atoms with van der Waals surface area (Å²) in [6.45, 7) is 2.57. The van der Waals surface area contributed by atoms with E-state index in [1.807, 2.05) is 17.9 Å². The molecule has 8 heteroatoms. The normalized spacial score (nSPS) is 18.0. The summed E-state index contributed by atoms with van der Waals surface area (Å²) in [7, 11) is 0. The van der Waals surface area contributed by atoms with Crippen LogP contribution in [0, 0.1) is 6.92 Å². The van der Waals surface area contributed by atoms with Crippen LogP contribution in [-0.4, -0.2) is 37.1 Å². The highest BCUT2D eigenvalue weighted by molar-refractivity contribution is 9.10. The van der Waals surface area contributed by atoms with Gasteiger partial charge in [-0.2, -0.15) is 5.10 Å². The molecule has 1 amide bonds. The first-order valence-corrected chi connectivity index (χ1v) is 8.16. The molecule has 0 aliphatic carbocycles. The van der Waals surface area contributed by atoms with Crippen molar-refractivity contribution >= 4 is 27.5 Å². The zero-order valence-electron chi connectivity index (χ0n) is 12.4. The van der Waals surface area contributed by atoms with Crippen LogP contribution in [0.15, 0.2) is 33.7 Å². The van der Waals surface area contributed by atoms with E-state index in [4.69, 9.17) is 4.52 Å². The fourth-order valence-corrected chi connectivity index (χ4v) is 3.30. The SMILES string of the molecule is Cc1cc(C2CCCN2C(=O)c2cnn3cc(Br)cnc23)on1. The zero-order chi connectivity index (χ0) is 16.0. The Hall–Kier alpha value is -2.22. The van der Waals surface area contributed by atoms with Gasteiger partial charge in [0, 0.05) is 25.0 Å². The van der Waals surface area contributed by atoms with Gasteiger partial charge in [-0.1, -0.05) is 5.16 Å². The van der Waals surface area contributed by atoms with Gasteiger partial charge in [0.1, 0.15) is 5.56 Å². The van der Waals surface area contributed by atoms with Crippen molar-refractivity contribution in [2.75, 3.05) is 6.54 Å². The average Bonchev–Trinajstić information content (AvgIpc) is 3.23. The summed E-state index contributed by atoms with van der Waals surface area (Å²) in [6.07, 6.45) is 6.82. The predicted molar refractivity (Wildman–Crippen MR) is 84.9 cm³/mol. The highest BCUT2D eigenvalue weighted by atomic mass is 79.9. The van der Waals surface area contributed by atoms with Crippen LogP contribution < -0.4 is 0 Å². The molecule has 0 bridgehead atoms. The number of carbonyl (C=O) groups excluding carboxylic acids is 1. The standard InChI is InChI=1S/C15H14BrN5O2/c1-9-5-13(23-19-9)12-3-2-4-20(12)15(22)11-7-18-21-8-10(16)6-17-14(11)21/h5-8,12H,2-4H2,1H3. The van der Waals surface area contributed by atoms with Gasteiger partial charge in [-0.25, -0.2) is 9.50 Å². The molecule has 1 fully saturated rings. The number of likely N-dealkylation sites (tertiary alicyclic amines) is 1. The van der Waals surface area contributed by atoms with Gasteiger partial charge in [-0.05, 0) is 35.7 Å². The molecule has 3 aromatic heterocycles. The van der Waals surface area contributed by atoms with E-state index in [-0.39, 0.29) is 11.9 Å². The predicted octanol–water partition coefficient (Wildman–Crippen LogP) is 2.77. The van der Waals surface area contributed by atoms with Crippen molar-refractivity contribution in [3.8, 4) is 0 Å². The lowest BCUT2D eigenvalue weighted by Crippen LogP contribution is -2.30. The van der Waals surface area contributed by atoms with Gasteiger partial charge in [-0.3, -0.25) is 4.79 Å². The maximum absolute atomic E-state index is 13.0. The lowest BCUT2D eigenvalue weighted by atomic mass is 10.1. The number of hydrogen-bond acceptors (Lipinski definition) is 5. The topological polar surface area (TPSA) is 76.5 Å². The van der Waals surface area contributed by atoms with Gasteiger partial charge in [-0.15, -0.1) is 0 Å². The quantitative estimate of drug-likeness (QED) is 0.688. The monoisotopic (exact) mass is 375 g/mol. The van der Waals surface area contributed by atoms with Crippen molar-refractivity contribution in [3.05, 3.63) is 46.1 Å². The maximum Gasteiger partial charge on any atom is 0.259 e. The van der Waals surface area contributed by atoms with E-state index in [9.17, 15) is 4.79 Å². The summed E-state index contributed by atoms with van der Waals surface area (Å²) in [5.74, 6) is 0.659. The molecular weight excluding hydrogens is 362 g/mol. The molecule has 0 N–H and O–H groups in total. The molecule has 7 nitrogen and oxygen atoms in total. The minimum atomic E-state index is -0.0774. The number of fused-ring (bicyclic) bond motifs is 1. The molecule has 0 radical (unpaired) electrons. The second kappa shape index (κ2) is 5.45. The number of nitrogens with zero attached hydrogens (tertiary/aromatic N) is 5. The molecule has 23 heavy (non-hydrogen) atoms. The molecule has 118 valence electrons. The van der Waals surface area contributed by atoms with Crippen molar-refractivity contribution in [2.24, 2.45) is 0 Å². The number of carbonyl (C=O) groups is 1. The van der Waals surface area contributed by atoms with Crippen molar-refractivity contribution < 1.29 is 9.32 Å². The van der Waals surface area contributed by atoms with Gasteiger partial charge in [0.25, 0.3) is 5.91 Å². The summed E-state index contributed by atoms with van der Waals surface area (Å²) in [5, 5.41) is 8.15. The first-order valence-electron chi connectivity index (χ1n) is 7.36. The van der Waals surface area contributed by atoms with Crippen LogP contribution in [0.2, 0.25) is 0 Å². The Morgan fingerprint density at radius 2 is 2.30 bits per heavy atom. The van der Waals surface area contributed by atoms with Crippen LogP contribution in [0.5, 0.6) is 0 Å². The third-order valence-electron chi connectivity index (χ3n) is 4.04. The van der Waals surface area contributed by atoms with E-state index in [0.29, 0.717) is 17.8 Å². The van der Waals surface area contributed by atoms with Crippen LogP contribution in [-0.2, 0) is 0 Å². The van der Waals surface area contributed by atoms with Crippen molar-refractivity contribution in [2.45, 2.75) is 25.8 Å². The summed E-state index contributed by atoms with van der Waals surface area (Å²) in [5.41, 5.74) is 1.88. The van der Waals surface area contributed by atoms with E-state index in [1.54, 1.807) is 23.1 Å². The molecule has 3 aromatic rings. The Morgan fingerprint density at radius 1 is 1.43 bits per heavy atom. The molecule has 4 heterocycles. The van der Waals surface area contributed by atoms with Gasteiger partial charge < -0.3 is 9.42 Å². The van der Waals surface area contributed by atoms with Crippen molar-refractivity contribution in [1.82, 2.24) is 24.7 Å². The van der Waals surface area contributed by atoms with Crippen LogP contribution in [0.25, 0.3) is 5.65 Å². The highest BCUT2D eigenvalue weighted by Crippen LogP contribution is 2.33. The van der Waals surface area contributed by atoms with Crippen molar-refractivity contribution in [1.29, 1.82) is 0 Å². The van der Waals surface area contributed by atoms with Gasteiger partial charge >= 0.3 is 0 Å². The first kappa shape index (κ1) is 14.4. The van der Waals surface area contributed by atoms with Gasteiger partial charge in [0.2, 0.25) is 0 Å². The Morgan fingerprint density at radius 3 is 3.09 bits per heavy atom. The van der Waals surface area contributed by atoms with E-state index in [2.05, 4.69) is 31.2 Å². The highest BCUT2D eigenvalue weighted by Gasteiger charge is 2.34. The smallest absolute Gasteiger partial charge is 0.259 e. The van der Waals surface area contributed by atoms with Gasteiger partial charge in [0.05, 0.1) is 22.4 Å². The Kier molecular flexibility index (Phi) is 3.41. The molecule has 1 aliphatic heterocycles. The number of hydrogen-bond donors (Lipinski definition) is 0. The lowest BCUT2D eigenvalue weighted by Gasteiger charge is -2.22. The van der Waals surface area contributed by atoms with Crippen LogP contribution in [0.1, 0.15) is 40.7 Å². The fourth-order valence-electron chi connectivity index (χ4n) is 3.00. The molecule has 0 saturated carbocycles. The van der Waals surface area contributed by atoms with E-state index >= 15 is 0 Å². The summed E-state index contributed by atoms with van der Waals surface area (Å²) in [4.78, 5) is 19.1. The first-order chi connectivity index (χ1) is 11.1. The minimum absolute atomic E-state index is 0.0749. The van der Waals surface area contributed by atoms with Crippen LogP contribution in [0.4, 0.5) is 0 Å². The Bertz CT molecular complexity index is 887. The van der Waals surface area contributed by atoms with Crippen LogP contribution >= 0.6 is 15.9 Å². The largest absolute Gasteiger partial charge is 0.359 e. The molecule has 1 atom stereocenters. The van der Waals surface area contributed by atoms with E-state index < -0.39 is 0 Å². The third kappa shape index (κ3) is 2.42. The molecule has 1 aliphatic rings. The van der Waals surface area contributed by atoms with Gasteiger partial charge in [0.15, 0.2) is 11.4 Å². The molecule has 4 rings (SSSR count). The number of amides is 1. The number of rotatable bonds is 2. The number of aromatic nitrogens is 4. The number of aryl methyl sites for hydroxylation is 1. The third-order valence-corrected chi connectivity index (χ3v) is 4.45. The second-order valence-electron chi connectivity index (χ2n) is 5.63. The lowest BCUT2D eigenvalue weighted by molar-refractivity contribution is 0.0716. The summed E-state index contributed by atoms with van der Waals surface area (Å²) < 4.78 is 7.77. The Balaban J connectivity index is 1.69. The van der Waals surface area contributed by atoms with E-state index in [1.165, 1.54) is 0 Å². The second-order valence-corrected chi connectivity index (χ2v) is 6.54. The van der Waals surface area contributed by atoms with Crippen LogP contribution in [0.3, 0.4) is 0 Å². The molecule has 1 unspecified atom stereocenters. The summed E-state index contributed by atoms with van der Waals surface area (Å²) >= 11 is 3.35. The summed E-state index contributed by atoms with van der Waals surface area (Å²) in [6, 6.07) is 1.82. The Labute approximate surface area is 140 Å². The molecular formula is C15H14BrN5O2. The molecule has 0 aromatic carbocycles. The average molecular weight is 376 g/mol. The fraction of sp³-hybridized carbons (Fsp3) is 0.333. The molecule has 1 saturated heterocycles. The number of halogens is 1. The molecule has 0 spiro atoms. The maximum atomic E-state index is 13.0. The van der Waals surface area contributed by atoms with E-state index in [0.717, 1.165) is 28.8 Å². The minimum Gasteiger partial charge on any atom is -0.359 e.